The Morgan fingerprint density at radius 2 is 1.79 bits per heavy atom. The van der Waals surface area contributed by atoms with Crippen LogP contribution in [0.15, 0.2) is 18.6 Å². The lowest BCUT2D eigenvalue weighted by molar-refractivity contribution is -0.0947. The van der Waals surface area contributed by atoms with Crippen molar-refractivity contribution in [2.24, 2.45) is 0 Å². The molecule has 0 bridgehead atoms. The minimum absolute atomic E-state index is 0.352. The van der Waals surface area contributed by atoms with Gasteiger partial charge in [0.15, 0.2) is 6.23 Å². The van der Waals surface area contributed by atoms with Gasteiger partial charge in [0.2, 0.25) is 0 Å². The average molecular weight is 548 g/mol. The van der Waals surface area contributed by atoms with Crippen LogP contribution >= 0.6 is 23.5 Å². The van der Waals surface area contributed by atoms with Crippen LogP contribution in [0.2, 0.25) is 0 Å². The maximum atomic E-state index is 11.9. The molecule has 1 saturated heterocycles. The molecule has 34 heavy (non-hydrogen) atoms. The van der Waals surface area contributed by atoms with E-state index in [9.17, 15) is 33.7 Å². The number of ether oxygens (including phenoxy) is 1. The molecule has 2 aromatic heterocycles. The van der Waals surface area contributed by atoms with Crippen molar-refractivity contribution in [3.05, 3.63) is 18.6 Å². The average Bonchev–Trinajstić information content (AvgIpc) is 3.16. The van der Waals surface area contributed by atoms with Crippen molar-refractivity contribution >= 4 is 40.3 Å². The summed E-state index contributed by atoms with van der Waals surface area (Å²) in [6.07, 6.45) is -1.56. The van der Waals surface area contributed by atoms with Gasteiger partial charge in [0.05, 0.1) is 12.0 Å². The first-order chi connectivity index (χ1) is 15.4. The van der Waals surface area contributed by atoms with Crippen molar-refractivity contribution in [2.75, 3.05) is 25.6 Å². The number of phosphoric acid groups is 3. The maximum absolute atomic E-state index is 11.9. The summed E-state index contributed by atoms with van der Waals surface area (Å²) in [6, 6.07) is 1.66. The molecule has 3 heterocycles. The Morgan fingerprint density at radius 3 is 2.38 bits per heavy atom. The highest BCUT2D eigenvalue weighted by Crippen LogP contribution is 2.66. The van der Waals surface area contributed by atoms with E-state index in [1.54, 1.807) is 25.1 Å². The SMILES string of the molecule is CN(C)c1ncnc2c1ccn2[C@@H]1O[C@H](COP(=O)(O)OP(=O)(O)OP(=O)(O)O)[C@@H](O)[C@@]1(C)O. The number of hydrogen-bond donors (Lipinski definition) is 6. The van der Waals surface area contributed by atoms with Crippen LogP contribution in [0.5, 0.6) is 0 Å². The van der Waals surface area contributed by atoms with Crippen LogP contribution in [-0.2, 0) is 31.6 Å². The number of rotatable bonds is 9. The van der Waals surface area contributed by atoms with Crippen LogP contribution in [0.4, 0.5) is 5.82 Å². The van der Waals surface area contributed by atoms with Crippen molar-refractivity contribution in [3.63, 3.8) is 0 Å². The Hall–Kier alpha value is -1.29. The van der Waals surface area contributed by atoms with Crippen LogP contribution in [0.3, 0.4) is 0 Å². The second kappa shape index (κ2) is 9.30. The van der Waals surface area contributed by atoms with E-state index < -0.39 is 54.1 Å². The lowest BCUT2D eigenvalue weighted by Gasteiger charge is -2.27. The number of nitrogens with zero attached hydrogens (tertiary/aromatic N) is 4. The molecule has 1 aliphatic heterocycles. The highest BCUT2D eigenvalue weighted by Gasteiger charge is 2.54. The molecule has 3 rings (SSSR count). The van der Waals surface area contributed by atoms with Gasteiger partial charge in [-0.2, -0.15) is 8.62 Å². The van der Waals surface area contributed by atoms with Crippen molar-refractivity contribution in [2.45, 2.75) is 31.0 Å². The summed E-state index contributed by atoms with van der Waals surface area (Å²) in [5.41, 5.74) is -1.61. The van der Waals surface area contributed by atoms with E-state index in [1.807, 2.05) is 0 Å². The van der Waals surface area contributed by atoms with Crippen LogP contribution in [0.25, 0.3) is 11.0 Å². The standard InChI is InChI=1S/C14H23N4O13P3/c1-14(20)10(19)9(6-28-33(24,25)31-34(26,27)30-32(21,22)23)29-13(14)18-5-4-8-11(17(2)3)15-7-16-12(8)18/h4-5,7,9-10,13,19-20H,6H2,1-3H3,(H,24,25)(H,26,27)(H2,21,22,23)/t9-,10-,13-,14-/m1/s1. The predicted molar refractivity (Wildman–Crippen MR) is 112 cm³/mol. The van der Waals surface area contributed by atoms with Gasteiger partial charge in [0.25, 0.3) is 0 Å². The molecular formula is C14H23N4O13P3. The Morgan fingerprint density at radius 1 is 1.15 bits per heavy atom. The van der Waals surface area contributed by atoms with Gasteiger partial charge < -0.3 is 44.0 Å². The minimum atomic E-state index is -5.71. The zero-order valence-corrected chi connectivity index (χ0v) is 20.5. The second-order valence-corrected chi connectivity index (χ2v) is 12.1. The highest BCUT2D eigenvalue weighted by molar-refractivity contribution is 7.66. The molecule has 17 nitrogen and oxygen atoms in total. The molecule has 1 aliphatic rings. The normalized spacial score (nSPS) is 29.1. The summed E-state index contributed by atoms with van der Waals surface area (Å²) >= 11 is 0. The van der Waals surface area contributed by atoms with Gasteiger partial charge in [-0.1, -0.05) is 0 Å². The Balaban J connectivity index is 1.78. The molecule has 2 aromatic rings. The molecule has 20 heteroatoms. The molecule has 0 radical (unpaired) electrons. The zero-order valence-electron chi connectivity index (χ0n) is 17.8. The third kappa shape index (κ3) is 5.91. The molecule has 0 saturated carbocycles. The van der Waals surface area contributed by atoms with Crippen molar-refractivity contribution in [3.8, 4) is 0 Å². The molecular weight excluding hydrogens is 525 g/mol. The molecule has 6 atom stereocenters. The first-order valence-electron chi connectivity index (χ1n) is 9.27. The molecule has 0 aliphatic carbocycles. The van der Waals surface area contributed by atoms with Crippen LogP contribution in [0.1, 0.15) is 13.2 Å². The summed E-state index contributed by atoms with van der Waals surface area (Å²) in [6.45, 7) is 0.307. The second-order valence-electron chi connectivity index (χ2n) is 7.64. The number of anilines is 1. The lowest BCUT2D eigenvalue weighted by atomic mass is 9.96. The smallest absolute Gasteiger partial charge is 0.387 e. The first-order valence-corrected chi connectivity index (χ1v) is 13.8. The quantitative estimate of drug-likeness (QED) is 0.223. The van der Waals surface area contributed by atoms with E-state index in [0.717, 1.165) is 0 Å². The number of aromatic nitrogens is 3. The van der Waals surface area contributed by atoms with Gasteiger partial charge in [0, 0.05) is 20.3 Å². The third-order valence-electron chi connectivity index (χ3n) is 4.74. The number of phosphoric ester groups is 1. The van der Waals surface area contributed by atoms with Crippen molar-refractivity contribution in [1.82, 2.24) is 14.5 Å². The molecule has 2 unspecified atom stereocenters. The van der Waals surface area contributed by atoms with E-state index in [0.29, 0.717) is 16.9 Å². The topological polar surface area (TPSA) is 243 Å². The predicted octanol–water partition coefficient (Wildman–Crippen LogP) is -0.150. The van der Waals surface area contributed by atoms with E-state index in [4.69, 9.17) is 14.5 Å². The number of hydrogen-bond acceptors (Lipinski definition) is 12. The zero-order chi connectivity index (χ0) is 25.7. The molecule has 1 fully saturated rings. The summed E-state index contributed by atoms with van der Waals surface area (Å²) in [4.78, 5) is 46.0. The lowest BCUT2D eigenvalue weighted by Crippen LogP contribution is -2.44. The van der Waals surface area contributed by atoms with Crippen LogP contribution < -0.4 is 4.90 Å². The number of aliphatic hydroxyl groups is 2. The van der Waals surface area contributed by atoms with E-state index in [1.165, 1.54) is 24.0 Å². The van der Waals surface area contributed by atoms with E-state index in [2.05, 4.69) is 23.1 Å². The van der Waals surface area contributed by atoms with Crippen LogP contribution in [-0.4, -0.2) is 82.8 Å². The Kier molecular flexibility index (Phi) is 7.47. The van der Waals surface area contributed by atoms with Gasteiger partial charge in [-0.3, -0.25) is 4.52 Å². The van der Waals surface area contributed by atoms with E-state index in [-0.39, 0.29) is 0 Å². The summed E-state index contributed by atoms with van der Waals surface area (Å²) in [5, 5.41) is 22.0. The summed E-state index contributed by atoms with van der Waals surface area (Å²) in [5.74, 6) is 0.575. The van der Waals surface area contributed by atoms with Gasteiger partial charge in [-0.15, -0.1) is 0 Å². The summed E-state index contributed by atoms with van der Waals surface area (Å²) < 4.78 is 52.9. The van der Waals surface area contributed by atoms with Crippen molar-refractivity contribution < 1.29 is 61.4 Å². The minimum Gasteiger partial charge on any atom is -0.387 e. The van der Waals surface area contributed by atoms with Gasteiger partial charge in [-0.05, 0) is 13.0 Å². The fourth-order valence-electron chi connectivity index (χ4n) is 3.35. The first kappa shape index (κ1) is 27.3. The fourth-order valence-corrected chi connectivity index (χ4v) is 6.38. The molecule has 0 aromatic carbocycles. The molecule has 192 valence electrons. The van der Waals surface area contributed by atoms with E-state index >= 15 is 0 Å². The molecule has 6 N–H and O–H groups in total. The highest BCUT2D eigenvalue weighted by atomic mass is 31.3. The van der Waals surface area contributed by atoms with Gasteiger partial charge >= 0.3 is 23.5 Å². The number of aliphatic hydroxyl groups excluding tert-OH is 1. The maximum Gasteiger partial charge on any atom is 0.490 e. The molecule has 0 amide bonds. The largest absolute Gasteiger partial charge is 0.490 e. The van der Waals surface area contributed by atoms with Gasteiger partial charge in [-0.25, -0.2) is 23.7 Å². The fraction of sp³-hybridized carbons (Fsp3) is 0.571. The summed E-state index contributed by atoms with van der Waals surface area (Å²) in [7, 11) is -13.2. The Labute approximate surface area is 192 Å². The van der Waals surface area contributed by atoms with Crippen LogP contribution in [0, 0.1) is 0 Å². The van der Waals surface area contributed by atoms with Crippen molar-refractivity contribution in [1.29, 1.82) is 0 Å². The number of fused-ring (bicyclic) bond motifs is 1. The Bertz CT molecular complexity index is 1200. The molecule has 0 spiro atoms. The third-order valence-corrected chi connectivity index (χ3v) is 8.54. The monoisotopic (exact) mass is 548 g/mol. The van der Waals surface area contributed by atoms with Gasteiger partial charge in [0.1, 0.15) is 35.6 Å².